The minimum atomic E-state index is -0.963. The summed E-state index contributed by atoms with van der Waals surface area (Å²) in [6.07, 6.45) is 20.5. The predicted molar refractivity (Wildman–Crippen MR) is 408 cm³/mol. The van der Waals surface area contributed by atoms with Crippen molar-refractivity contribution >= 4 is 53.3 Å². The SMILES string of the molecule is C=CCN1C2c3c(cc(C)c(OC)c3O)CC1[C@H](C#N)N1C2[C@@H]2SCC(N)C(=O)OC[C@H]1c1c3c(c(C)c(OC(C)=O)c12)OCO3.C=CCN1C2c3c(cc(C)c(OC)c3O)CC1[C@H](C#N)N1C2[C@@H]2SCC(NC(=O)CCCCCCCCCCCCCCC)C(=O)OC[C@H]1c1c3c(c(C)c(OC(C)=O)c12)OCO3. The van der Waals surface area contributed by atoms with Crippen molar-refractivity contribution in [3.05, 3.63) is 104 Å². The first kappa shape index (κ1) is 78.7. The molecule has 1 amide bonds. The Morgan fingerprint density at radius 2 is 1.01 bits per heavy atom. The van der Waals surface area contributed by atoms with Crippen LogP contribution in [0.4, 0.5) is 0 Å². The lowest BCUT2D eigenvalue weighted by Crippen LogP contribution is -2.70. The van der Waals surface area contributed by atoms with Gasteiger partial charge >= 0.3 is 23.9 Å². The minimum absolute atomic E-state index is 0.0328. The molecule has 8 unspecified atom stereocenters. The highest BCUT2D eigenvalue weighted by Gasteiger charge is 2.64. The first-order valence-corrected chi connectivity index (χ1v) is 40.5. The molecule has 14 rings (SSSR count). The third-order valence-electron chi connectivity index (χ3n) is 23.5. The number of hydrogen-bond donors (Lipinski definition) is 4. The maximum absolute atomic E-state index is 14.1. The number of thioether (sulfide) groups is 2. The summed E-state index contributed by atoms with van der Waals surface area (Å²) < 4.78 is 59.9. The molecule has 4 aromatic carbocycles. The number of rotatable bonds is 23. The number of phenolic OH excluding ortho intramolecular Hbond substituents is 2. The summed E-state index contributed by atoms with van der Waals surface area (Å²) >= 11 is 2.87. The molecular weight excluding hydrogens is 1430 g/mol. The first-order chi connectivity index (χ1) is 52.7. The molecule has 0 saturated carbocycles. The largest absolute Gasteiger partial charge is 0.504 e. The van der Waals surface area contributed by atoms with Crippen LogP contribution in [0, 0.1) is 50.4 Å². The zero-order valence-electron chi connectivity index (χ0n) is 63.9. The first-order valence-electron chi connectivity index (χ1n) is 38.4. The molecular formula is C82H102N8O17S2. The number of nitriles is 2. The number of hydrogen-bond acceptors (Lipinski definition) is 26. The Bertz CT molecular complexity index is 4310. The van der Waals surface area contributed by atoms with Crippen LogP contribution in [0.25, 0.3) is 0 Å². The number of amides is 1. The van der Waals surface area contributed by atoms with Crippen LogP contribution in [0.2, 0.25) is 0 Å². The second-order valence-corrected chi connectivity index (χ2v) is 32.5. The fourth-order valence-corrected chi connectivity index (χ4v) is 22.1. The van der Waals surface area contributed by atoms with Crippen molar-refractivity contribution in [2.45, 2.75) is 234 Å². The number of nitrogens with two attached hydrogens (primary N) is 1. The van der Waals surface area contributed by atoms with Gasteiger partial charge in [-0.15, -0.1) is 36.7 Å². The average Bonchev–Trinajstić information content (AvgIpc) is 1.40. The van der Waals surface area contributed by atoms with Crippen LogP contribution in [0.15, 0.2) is 37.4 Å². The van der Waals surface area contributed by atoms with Crippen molar-refractivity contribution in [1.29, 1.82) is 10.5 Å². The van der Waals surface area contributed by atoms with Crippen LogP contribution < -0.4 is 48.9 Å². The van der Waals surface area contributed by atoms with E-state index in [4.69, 9.17) is 53.1 Å². The van der Waals surface area contributed by atoms with Gasteiger partial charge in [-0.25, -0.2) is 4.79 Å². The second kappa shape index (κ2) is 33.7. The molecule has 4 aromatic rings. The van der Waals surface area contributed by atoms with Gasteiger partial charge in [0.1, 0.15) is 48.9 Å². The normalized spacial score (nSPS) is 26.7. The Morgan fingerprint density at radius 3 is 1.42 bits per heavy atom. The maximum Gasteiger partial charge on any atom is 0.329 e. The van der Waals surface area contributed by atoms with Gasteiger partial charge in [0, 0.05) is 114 Å². The second-order valence-electron chi connectivity index (χ2n) is 30.1. The van der Waals surface area contributed by atoms with E-state index in [0.717, 1.165) is 47.9 Å². The molecule has 0 radical (unpaired) electrons. The van der Waals surface area contributed by atoms with E-state index in [9.17, 15) is 44.7 Å². The number of fused-ring (bicyclic) bond motifs is 18. The molecule has 25 nitrogen and oxygen atoms in total. The van der Waals surface area contributed by atoms with E-state index in [2.05, 4.69) is 57.1 Å². The van der Waals surface area contributed by atoms with Crippen LogP contribution in [0.1, 0.15) is 212 Å². The lowest BCUT2D eigenvalue weighted by Gasteiger charge is -2.62. The molecule has 10 aliphatic heterocycles. The number of ether oxygens (including phenoxy) is 10. The van der Waals surface area contributed by atoms with Crippen molar-refractivity contribution in [3.63, 3.8) is 0 Å². The number of phenols is 2. The maximum atomic E-state index is 14.1. The highest BCUT2D eigenvalue weighted by Crippen LogP contribution is 2.67. The standard InChI is InChI=1S/C49H66N4O9S.C33H36N4O8S/c1-7-9-10-11-12-13-14-15-16-17-18-19-20-21-37(55)51-33-27-63-48-40-39(47-46(60-28-61-47)30(4)45(40)62-31(5)54)36(26-59-49(33)57)53-35(25-50)34-24-32-23-29(3)44(58-6)43(56)38(32)41(42(48)53)52(34)22-8-2;1-6-7-36-19-9-17-8-14(2)28(41-5)27(39)22(17)25(36)26-32-24-23(31-30(43-13-44-31)15(3)29(24)45-16(4)38)21(37(26)20(19)10-34)11-42-33(40)18(35)12-46-32/h8,23,33-36,41-42,48,56H,2,7,9-22,24,26-28H2,1,3-6H3,(H,51,55);6,8,18-21,25-26,32,39H,1,7,9,11-13,35H2,2-5H3/t33?,34?,35-,36-,41?,42?,48+;18?,19?,20-,21-,25?,26?,32+/m00/s1. The lowest BCUT2D eigenvalue weighted by molar-refractivity contribution is -0.153. The van der Waals surface area contributed by atoms with Crippen molar-refractivity contribution in [2.24, 2.45) is 5.73 Å². The number of aryl methyl sites for hydroxylation is 2. The quantitative estimate of drug-likeness (QED) is 0.0232. The van der Waals surface area contributed by atoms with E-state index in [1.165, 1.54) is 109 Å². The number of unbranched alkanes of at least 4 members (excludes halogenated alkanes) is 12. The van der Waals surface area contributed by atoms with E-state index in [-0.39, 0.29) is 67.8 Å². The molecule has 27 heteroatoms. The van der Waals surface area contributed by atoms with Gasteiger partial charge in [-0.3, -0.25) is 38.8 Å². The average molecular weight is 1540 g/mol. The van der Waals surface area contributed by atoms with E-state index in [0.29, 0.717) is 123 Å². The van der Waals surface area contributed by atoms with Crippen molar-refractivity contribution < 1.29 is 81.6 Å². The summed E-state index contributed by atoms with van der Waals surface area (Å²) in [5, 5.41) is 48.1. The van der Waals surface area contributed by atoms with E-state index in [1.54, 1.807) is 6.08 Å². The Morgan fingerprint density at radius 1 is 0.596 bits per heavy atom. The number of nitrogens with one attached hydrogen (secondary N) is 1. The third-order valence-corrected chi connectivity index (χ3v) is 26.3. The molecule has 5 N–H and O–H groups in total. The number of carbonyl (C=O) groups excluding carboxylic acids is 5. The zero-order chi connectivity index (χ0) is 77.4. The molecule has 4 fully saturated rings. The number of carbonyl (C=O) groups is 5. The van der Waals surface area contributed by atoms with Gasteiger partial charge in [0.15, 0.2) is 46.0 Å². The van der Waals surface area contributed by atoms with Gasteiger partial charge in [0.25, 0.3) is 0 Å². The van der Waals surface area contributed by atoms with E-state index in [1.807, 2.05) is 45.9 Å². The number of piperazine rings is 2. The molecule has 0 aromatic heterocycles. The van der Waals surface area contributed by atoms with E-state index < -0.39 is 94.8 Å². The molecule has 10 aliphatic rings. The third kappa shape index (κ3) is 14.4. The summed E-state index contributed by atoms with van der Waals surface area (Å²) in [7, 11) is 3.07. The molecule has 0 spiro atoms. The summed E-state index contributed by atoms with van der Waals surface area (Å²) in [4.78, 5) is 75.0. The summed E-state index contributed by atoms with van der Waals surface area (Å²) in [5.74, 6) is 1.32. The summed E-state index contributed by atoms with van der Waals surface area (Å²) in [5.41, 5.74) is 15.1. The number of nitrogens with zero attached hydrogens (tertiary/aromatic N) is 6. The molecule has 14 atom stereocenters. The molecule has 584 valence electrons. The van der Waals surface area contributed by atoms with Gasteiger partial charge in [-0.1, -0.05) is 108 Å². The number of methoxy groups -OCH3 is 2. The Labute approximate surface area is 646 Å². The molecule has 10 heterocycles. The molecule has 4 saturated heterocycles. The highest BCUT2D eigenvalue weighted by molar-refractivity contribution is 7.99. The Kier molecular flexibility index (Phi) is 24.3. The van der Waals surface area contributed by atoms with Gasteiger partial charge in [-0.2, -0.15) is 10.5 Å². The molecule has 109 heavy (non-hydrogen) atoms. The van der Waals surface area contributed by atoms with Crippen LogP contribution in [-0.4, -0.2) is 174 Å². The number of aromatic hydroxyl groups is 2. The fraction of sp³-hybridized carbons (Fsp3) is 0.573. The lowest BCUT2D eigenvalue weighted by atomic mass is 9.71. The zero-order valence-corrected chi connectivity index (χ0v) is 65.5. The smallest absolute Gasteiger partial charge is 0.329 e. The number of benzene rings is 4. The summed E-state index contributed by atoms with van der Waals surface area (Å²) in [6.45, 7) is 21.0. The Balaban J connectivity index is 0.000000201. The fourth-order valence-electron chi connectivity index (χ4n) is 19.1. The van der Waals surface area contributed by atoms with Gasteiger partial charge in [0.05, 0.1) is 61.0 Å². The summed E-state index contributed by atoms with van der Waals surface area (Å²) in [6, 6.07) is 2.01. The van der Waals surface area contributed by atoms with Gasteiger partial charge in [0.2, 0.25) is 19.5 Å². The van der Waals surface area contributed by atoms with Crippen LogP contribution in [0.3, 0.4) is 0 Å². The van der Waals surface area contributed by atoms with Crippen LogP contribution in [-0.2, 0) is 46.3 Å². The number of esters is 4. The monoisotopic (exact) mass is 1530 g/mol. The van der Waals surface area contributed by atoms with E-state index >= 15 is 0 Å². The van der Waals surface area contributed by atoms with Crippen LogP contribution in [0.5, 0.6) is 57.5 Å². The van der Waals surface area contributed by atoms with Crippen molar-refractivity contribution in [3.8, 4) is 69.6 Å². The van der Waals surface area contributed by atoms with Gasteiger partial charge in [-0.05, 0) is 69.2 Å². The van der Waals surface area contributed by atoms with Crippen molar-refractivity contribution in [1.82, 2.24) is 24.9 Å². The minimum Gasteiger partial charge on any atom is -0.504 e. The van der Waals surface area contributed by atoms with Crippen LogP contribution >= 0.6 is 23.5 Å². The van der Waals surface area contributed by atoms with Gasteiger partial charge < -0.3 is 68.6 Å². The molecule has 0 aliphatic carbocycles. The predicted octanol–water partition coefficient (Wildman–Crippen LogP) is 11.9. The number of cyclic esters (lactones) is 2. The highest BCUT2D eigenvalue weighted by atomic mass is 32.2. The topological polar surface area (TPSA) is 317 Å². The molecule has 8 bridgehead atoms. The van der Waals surface area contributed by atoms with Crippen molar-refractivity contribution in [2.75, 3.05) is 65.6 Å². The Hall–Kier alpha value is -8.41.